The molecule has 0 heterocycles. The molecule has 0 aliphatic heterocycles. The van der Waals surface area contributed by atoms with Gasteiger partial charge in [-0.25, -0.2) is 0 Å². The van der Waals surface area contributed by atoms with Crippen molar-refractivity contribution in [3.63, 3.8) is 0 Å². The number of hydrogen-bond acceptors (Lipinski definition) is 2. The zero-order valence-electron chi connectivity index (χ0n) is 9.13. The van der Waals surface area contributed by atoms with Crippen LogP contribution in [0.2, 0.25) is 0 Å². The van der Waals surface area contributed by atoms with Gasteiger partial charge in [0.25, 0.3) is 0 Å². The third-order valence-electron chi connectivity index (χ3n) is 2.25. The highest BCUT2D eigenvalue weighted by molar-refractivity contribution is 6.17. The molecule has 0 saturated carbocycles. The molecule has 0 radical (unpaired) electrons. The third kappa shape index (κ3) is 4.54. The second kappa shape index (κ2) is 7.55. The summed E-state index contributed by atoms with van der Waals surface area (Å²) >= 11 is 5.59. The summed E-state index contributed by atoms with van der Waals surface area (Å²) < 4.78 is 5.27. The summed E-state index contributed by atoms with van der Waals surface area (Å²) in [4.78, 5) is 0. The number of hydrogen-bond donors (Lipinski definition) is 1. The van der Waals surface area contributed by atoms with Gasteiger partial charge >= 0.3 is 0 Å². The van der Waals surface area contributed by atoms with E-state index >= 15 is 0 Å². The summed E-state index contributed by atoms with van der Waals surface area (Å²) in [6, 6.07) is 8.12. The molecule has 0 fully saturated rings. The highest BCUT2D eigenvalue weighted by atomic mass is 35.5. The Morgan fingerprint density at radius 3 is 2.80 bits per heavy atom. The van der Waals surface area contributed by atoms with Crippen molar-refractivity contribution in [2.45, 2.75) is 12.8 Å². The van der Waals surface area contributed by atoms with Gasteiger partial charge in [-0.1, -0.05) is 18.2 Å². The van der Waals surface area contributed by atoms with Crippen molar-refractivity contribution in [1.29, 1.82) is 0 Å². The maximum absolute atomic E-state index is 5.59. The van der Waals surface area contributed by atoms with Crippen LogP contribution in [0, 0.1) is 0 Å². The van der Waals surface area contributed by atoms with E-state index in [-0.39, 0.29) is 0 Å². The molecule has 0 unspecified atom stereocenters. The largest absolute Gasteiger partial charge is 0.496 e. The van der Waals surface area contributed by atoms with Crippen LogP contribution in [0.15, 0.2) is 24.3 Å². The Kier molecular flexibility index (Phi) is 6.21. The predicted molar refractivity (Wildman–Crippen MR) is 64.9 cm³/mol. The van der Waals surface area contributed by atoms with E-state index in [1.165, 1.54) is 5.56 Å². The maximum Gasteiger partial charge on any atom is 0.122 e. The van der Waals surface area contributed by atoms with E-state index in [4.69, 9.17) is 16.3 Å². The van der Waals surface area contributed by atoms with Gasteiger partial charge in [-0.3, -0.25) is 0 Å². The second-order valence-electron chi connectivity index (χ2n) is 3.35. The standard InChI is InChI=1S/C12H18ClNO/c1-15-12-6-3-2-5-11(12)7-10-14-9-4-8-13/h2-3,5-6,14H,4,7-10H2,1H3. The molecule has 1 aromatic rings. The Balaban J connectivity index is 2.30. The minimum Gasteiger partial charge on any atom is -0.496 e. The van der Waals surface area contributed by atoms with Gasteiger partial charge in [-0.2, -0.15) is 0 Å². The Labute approximate surface area is 96.6 Å². The Bertz CT molecular complexity index is 278. The highest BCUT2D eigenvalue weighted by Gasteiger charge is 1.99. The fraction of sp³-hybridized carbons (Fsp3) is 0.500. The summed E-state index contributed by atoms with van der Waals surface area (Å²) in [5, 5.41) is 3.35. The number of benzene rings is 1. The first-order valence-corrected chi connectivity index (χ1v) is 5.80. The van der Waals surface area contributed by atoms with Crippen molar-refractivity contribution >= 4 is 11.6 Å². The van der Waals surface area contributed by atoms with Crippen LogP contribution in [0.4, 0.5) is 0 Å². The molecule has 3 heteroatoms. The van der Waals surface area contributed by atoms with Crippen molar-refractivity contribution in [3.8, 4) is 5.75 Å². The van der Waals surface area contributed by atoms with Gasteiger partial charge in [0.15, 0.2) is 0 Å². The second-order valence-corrected chi connectivity index (χ2v) is 3.73. The summed E-state index contributed by atoms with van der Waals surface area (Å²) in [5.41, 5.74) is 1.25. The normalized spacial score (nSPS) is 10.3. The summed E-state index contributed by atoms with van der Waals surface area (Å²) in [6.07, 6.45) is 2.01. The minimum atomic E-state index is 0.724. The summed E-state index contributed by atoms with van der Waals surface area (Å²) in [6.45, 7) is 1.95. The van der Waals surface area contributed by atoms with Crippen molar-refractivity contribution in [3.05, 3.63) is 29.8 Å². The summed E-state index contributed by atoms with van der Waals surface area (Å²) in [7, 11) is 1.71. The van der Waals surface area contributed by atoms with Gasteiger partial charge in [0.05, 0.1) is 7.11 Å². The molecule has 0 bridgehead atoms. The third-order valence-corrected chi connectivity index (χ3v) is 2.52. The minimum absolute atomic E-state index is 0.724. The quantitative estimate of drug-likeness (QED) is 0.571. The van der Waals surface area contributed by atoms with E-state index < -0.39 is 0 Å². The van der Waals surface area contributed by atoms with E-state index in [2.05, 4.69) is 11.4 Å². The molecule has 84 valence electrons. The van der Waals surface area contributed by atoms with Crippen LogP contribution in [0.5, 0.6) is 5.75 Å². The Hall–Kier alpha value is -0.730. The van der Waals surface area contributed by atoms with Crippen LogP contribution >= 0.6 is 11.6 Å². The lowest BCUT2D eigenvalue weighted by molar-refractivity contribution is 0.409. The maximum atomic E-state index is 5.59. The van der Waals surface area contributed by atoms with Crippen LogP contribution in [-0.4, -0.2) is 26.1 Å². The van der Waals surface area contributed by atoms with Crippen molar-refractivity contribution in [1.82, 2.24) is 5.32 Å². The van der Waals surface area contributed by atoms with Crippen molar-refractivity contribution in [2.75, 3.05) is 26.1 Å². The lowest BCUT2D eigenvalue weighted by Gasteiger charge is -2.08. The van der Waals surface area contributed by atoms with E-state index in [0.717, 1.165) is 37.6 Å². The van der Waals surface area contributed by atoms with Crippen molar-refractivity contribution in [2.24, 2.45) is 0 Å². The van der Waals surface area contributed by atoms with Gasteiger partial charge in [0, 0.05) is 5.88 Å². The molecule has 1 aromatic carbocycles. The molecule has 2 nitrogen and oxygen atoms in total. The molecule has 0 spiro atoms. The zero-order valence-corrected chi connectivity index (χ0v) is 9.89. The first-order valence-electron chi connectivity index (χ1n) is 5.27. The van der Waals surface area contributed by atoms with Gasteiger partial charge < -0.3 is 10.1 Å². The first kappa shape index (κ1) is 12.3. The average molecular weight is 228 g/mol. The van der Waals surface area contributed by atoms with Gasteiger partial charge in [0.1, 0.15) is 5.75 Å². The van der Waals surface area contributed by atoms with Gasteiger partial charge in [-0.15, -0.1) is 11.6 Å². The predicted octanol–water partition coefficient (Wildman–Crippen LogP) is 2.46. The molecule has 0 amide bonds. The Morgan fingerprint density at radius 2 is 2.07 bits per heavy atom. The molecule has 0 atom stereocenters. The van der Waals surface area contributed by atoms with E-state index in [0.29, 0.717) is 0 Å². The fourth-order valence-electron chi connectivity index (χ4n) is 1.45. The molecular weight excluding hydrogens is 210 g/mol. The fourth-order valence-corrected chi connectivity index (χ4v) is 1.58. The zero-order chi connectivity index (χ0) is 10.9. The number of rotatable bonds is 7. The first-order chi connectivity index (χ1) is 7.38. The molecule has 15 heavy (non-hydrogen) atoms. The number of alkyl halides is 1. The van der Waals surface area contributed by atoms with Crippen LogP contribution in [0.3, 0.4) is 0 Å². The Morgan fingerprint density at radius 1 is 1.27 bits per heavy atom. The van der Waals surface area contributed by atoms with Crippen molar-refractivity contribution < 1.29 is 4.74 Å². The summed E-state index contributed by atoms with van der Waals surface area (Å²) in [5.74, 6) is 1.69. The molecule has 0 saturated heterocycles. The lowest BCUT2D eigenvalue weighted by Crippen LogP contribution is -2.18. The molecule has 0 aliphatic carbocycles. The number of nitrogens with one attached hydrogen (secondary N) is 1. The van der Waals surface area contributed by atoms with Gasteiger partial charge in [0.2, 0.25) is 0 Å². The topological polar surface area (TPSA) is 21.3 Å². The molecular formula is C12H18ClNO. The molecule has 0 aromatic heterocycles. The van der Waals surface area contributed by atoms with E-state index in [1.54, 1.807) is 7.11 Å². The molecule has 1 rings (SSSR count). The number of methoxy groups -OCH3 is 1. The number of para-hydroxylation sites is 1. The smallest absolute Gasteiger partial charge is 0.122 e. The average Bonchev–Trinajstić information content (AvgIpc) is 2.29. The number of ether oxygens (including phenoxy) is 1. The van der Waals surface area contributed by atoms with Crippen LogP contribution in [0.25, 0.3) is 0 Å². The highest BCUT2D eigenvalue weighted by Crippen LogP contribution is 2.17. The SMILES string of the molecule is COc1ccccc1CCNCCCCl. The number of halogens is 1. The molecule has 0 aliphatic rings. The van der Waals surface area contributed by atoms with Gasteiger partial charge in [-0.05, 0) is 37.6 Å². The van der Waals surface area contributed by atoms with E-state index in [9.17, 15) is 0 Å². The molecule has 1 N–H and O–H groups in total. The monoisotopic (exact) mass is 227 g/mol. The van der Waals surface area contributed by atoms with Crippen LogP contribution in [0.1, 0.15) is 12.0 Å². The lowest BCUT2D eigenvalue weighted by atomic mass is 10.1. The van der Waals surface area contributed by atoms with Crippen LogP contribution in [-0.2, 0) is 6.42 Å². The van der Waals surface area contributed by atoms with Crippen LogP contribution < -0.4 is 10.1 Å². The van der Waals surface area contributed by atoms with E-state index in [1.807, 2.05) is 18.2 Å².